The molecule has 6 heteroatoms. The van der Waals surface area contributed by atoms with Crippen molar-refractivity contribution < 1.29 is 19.0 Å². The topological polar surface area (TPSA) is 74.0 Å². The molecular formula is C15H20N2O4. The Labute approximate surface area is 123 Å². The summed E-state index contributed by atoms with van der Waals surface area (Å²) in [5, 5.41) is 0. The first-order valence-corrected chi connectivity index (χ1v) is 7.18. The van der Waals surface area contributed by atoms with Crippen LogP contribution < -0.4 is 15.2 Å². The van der Waals surface area contributed by atoms with E-state index in [1.54, 1.807) is 0 Å². The van der Waals surface area contributed by atoms with Crippen LogP contribution in [-0.2, 0) is 16.1 Å². The molecule has 2 heterocycles. The minimum Gasteiger partial charge on any atom is -0.486 e. The minimum atomic E-state index is -0.396. The van der Waals surface area contributed by atoms with Crippen LogP contribution in [0.5, 0.6) is 11.5 Å². The van der Waals surface area contributed by atoms with Crippen LogP contribution in [0.15, 0.2) is 18.2 Å². The fourth-order valence-corrected chi connectivity index (χ4v) is 2.89. The summed E-state index contributed by atoms with van der Waals surface area (Å²) in [4.78, 5) is 13.7. The Bertz CT molecular complexity index is 534. The zero-order chi connectivity index (χ0) is 14.8. The Kier molecular flexibility index (Phi) is 3.98. The molecule has 1 amide bonds. The number of ether oxygens (including phenoxy) is 3. The highest BCUT2D eigenvalue weighted by molar-refractivity contribution is 5.80. The summed E-state index contributed by atoms with van der Waals surface area (Å²) in [6.07, 6.45) is -0.187. The van der Waals surface area contributed by atoms with Crippen molar-refractivity contribution in [3.8, 4) is 11.5 Å². The van der Waals surface area contributed by atoms with E-state index >= 15 is 0 Å². The van der Waals surface area contributed by atoms with Crippen molar-refractivity contribution in [3.63, 3.8) is 0 Å². The number of carbonyl (C=O) groups is 1. The molecule has 21 heavy (non-hydrogen) atoms. The number of amides is 1. The third-order valence-corrected chi connectivity index (χ3v) is 3.88. The number of rotatable bonds is 3. The molecule has 0 aromatic heterocycles. The van der Waals surface area contributed by atoms with Crippen molar-refractivity contribution in [1.29, 1.82) is 0 Å². The molecule has 114 valence electrons. The highest BCUT2D eigenvalue weighted by Gasteiger charge is 2.33. The molecular weight excluding hydrogens is 272 g/mol. The second-order valence-corrected chi connectivity index (χ2v) is 5.37. The molecule has 1 saturated heterocycles. The van der Waals surface area contributed by atoms with Crippen LogP contribution in [0.4, 0.5) is 0 Å². The second kappa shape index (κ2) is 5.91. The maximum absolute atomic E-state index is 11.7. The summed E-state index contributed by atoms with van der Waals surface area (Å²) in [6.45, 7) is 4.96. The number of nitrogens with zero attached hydrogens (tertiary/aromatic N) is 1. The molecule has 0 bridgehead atoms. The van der Waals surface area contributed by atoms with Crippen LogP contribution in [0.1, 0.15) is 12.5 Å². The Morgan fingerprint density at radius 1 is 1.29 bits per heavy atom. The molecule has 1 aromatic carbocycles. The summed E-state index contributed by atoms with van der Waals surface area (Å²) in [5.74, 6) is 1.18. The van der Waals surface area contributed by atoms with E-state index in [2.05, 4.69) is 4.90 Å². The molecule has 1 fully saturated rings. The largest absolute Gasteiger partial charge is 0.486 e. The predicted molar refractivity (Wildman–Crippen MR) is 76.2 cm³/mol. The van der Waals surface area contributed by atoms with Crippen LogP contribution >= 0.6 is 0 Å². The number of fused-ring (bicyclic) bond motifs is 1. The van der Waals surface area contributed by atoms with Gasteiger partial charge >= 0.3 is 0 Å². The maximum Gasteiger partial charge on any atom is 0.237 e. The molecule has 2 aliphatic rings. The monoisotopic (exact) mass is 292 g/mol. The fraction of sp³-hybridized carbons (Fsp3) is 0.533. The minimum absolute atomic E-state index is 0.187. The molecule has 2 N–H and O–H groups in total. The molecule has 2 aliphatic heterocycles. The Balaban J connectivity index is 1.77. The quantitative estimate of drug-likeness (QED) is 0.880. The molecule has 3 rings (SSSR count). The van der Waals surface area contributed by atoms with E-state index in [0.717, 1.165) is 17.1 Å². The van der Waals surface area contributed by atoms with Crippen molar-refractivity contribution in [2.24, 2.45) is 5.73 Å². The lowest BCUT2D eigenvalue weighted by molar-refractivity contribution is -0.136. The number of hydrogen-bond acceptors (Lipinski definition) is 5. The van der Waals surface area contributed by atoms with Crippen LogP contribution in [0, 0.1) is 0 Å². The maximum atomic E-state index is 11.7. The lowest BCUT2D eigenvalue weighted by Crippen LogP contribution is -2.56. The van der Waals surface area contributed by atoms with Crippen LogP contribution in [0.3, 0.4) is 0 Å². The number of hydrogen-bond donors (Lipinski definition) is 1. The van der Waals surface area contributed by atoms with Gasteiger partial charge in [-0.25, -0.2) is 0 Å². The van der Waals surface area contributed by atoms with Gasteiger partial charge in [0.2, 0.25) is 5.91 Å². The van der Waals surface area contributed by atoms with E-state index in [0.29, 0.717) is 32.9 Å². The van der Waals surface area contributed by atoms with Gasteiger partial charge in [-0.2, -0.15) is 0 Å². The van der Waals surface area contributed by atoms with Crippen LogP contribution in [-0.4, -0.2) is 49.3 Å². The Hall–Kier alpha value is -1.79. The number of nitrogens with two attached hydrogens (primary N) is 1. The van der Waals surface area contributed by atoms with Gasteiger partial charge in [-0.3, -0.25) is 9.69 Å². The summed E-state index contributed by atoms with van der Waals surface area (Å²) in [7, 11) is 0. The van der Waals surface area contributed by atoms with Crippen LogP contribution in [0.25, 0.3) is 0 Å². The van der Waals surface area contributed by atoms with Crippen molar-refractivity contribution in [1.82, 2.24) is 4.90 Å². The summed E-state index contributed by atoms with van der Waals surface area (Å²) in [5.41, 5.74) is 6.58. The number of primary amides is 1. The second-order valence-electron chi connectivity index (χ2n) is 5.37. The van der Waals surface area contributed by atoms with E-state index < -0.39 is 6.04 Å². The average molecular weight is 292 g/mol. The van der Waals surface area contributed by atoms with Gasteiger partial charge in [-0.1, -0.05) is 6.07 Å². The van der Waals surface area contributed by atoms with Gasteiger partial charge in [0, 0.05) is 13.1 Å². The Morgan fingerprint density at radius 2 is 2.05 bits per heavy atom. The molecule has 0 spiro atoms. The third-order valence-electron chi connectivity index (χ3n) is 3.88. The van der Waals surface area contributed by atoms with Gasteiger partial charge in [-0.15, -0.1) is 0 Å². The van der Waals surface area contributed by atoms with Gasteiger partial charge in [0.25, 0.3) is 0 Å². The summed E-state index contributed by atoms with van der Waals surface area (Å²) in [6, 6.07) is 5.47. The van der Waals surface area contributed by atoms with Gasteiger partial charge in [0.1, 0.15) is 19.3 Å². The van der Waals surface area contributed by atoms with E-state index in [1.165, 1.54) is 0 Å². The smallest absolute Gasteiger partial charge is 0.237 e. The lowest BCUT2D eigenvalue weighted by atomic mass is 10.1. The van der Waals surface area contributed by atoms with Crippen molar-refractivity contribution in [2.75, 3.05) is 26.4 Å². The average Bonchev–Trinajstić information content (AvgIpc) is 2.47. The van der Waals surface area contributed by atoms with Crippen molar-refractivity contribution in [2.45, 2.75) is 25.6 Å². The molecule has 0 aliphatic carbocycles. The van der Waals surface area contributed by atoms with Gasteiger partial charge in [0.05, 0.1) is 12.7 Å². The van der Waals surface area contributed by atoms with Gasteiger partial charge in [-0.05, 0) is 24.6 Å². The van der Waals surface area contributed by atoms with E-state index in [-0.39, 0.29) is 12.0 Å². The number of benzene rings is 1. The lowest BCUT2D eigenvalue weighted by Gasteiger charge is -2.38. The van der Waals surface area contributed by atoms with E-state index in [9.17, 15) is 4.79 Å². The number of morpholine rings is 1. The highest BCUT2D eigenvalue weighted by atomic mass is 16.6. The first kappa shape index (κ1) is 14.2. The normalized spacial score (nSPS) is 25.6. The Morgan fingerprint density at radius 3 is 2.81 bits per heavy atom. The first-order chi connectivity index (χ1) is 10.1. The van der Waals surface area contributed by atoms with Crippen molar-refractivity contribution in [3.05, 3.63) is 23.8 Å². The number of carbonyl (C=O) groups excluding carboxylic acids is 1. The molecule has 0 radical (unpaired) electrons. The summed E-state index contributed by atoms with van der Waals surface area (Å²) < 4.78 is 16.6. The molecule has 0 saturated carbocycles. The van der Waals surface area contributed by atoms with Crippen LogP contribution in [0.2, 0.25) is 0 Å². The van der Waals surface area contributed by atoms with Gasteiger partial charge < -0.3 is 19.9 Å². The standard InChI is InChI=1S/C15H20N2O4/c1-10-14(15(16)18)17(4-5-19-10)9-11-2-3-12-13(8-11)21-7-6-20-12/h2-3,8,10,14H,4-7,9H2,1H3,(H2,16,18)/t10-,14+/m1/s1. The SMILES string of the molecule is C[C@H]1OCCN(Cc2ccc3c(c2)OCCO3)[C@@H]1C(N)=O. The predicted octanol–water partition coefficient (Wildman–Crippen LogP) is 0.532. The third kappa shape index (κ3) is 2.96. The van der Waals surface area contributed by atoms with E-state index in [4.69, 9.17) is 19.9 Å². The van der Waals surface area contributed by atoms with E-state index in [1.807, 2.05) is 25.1 Å². The zero-order valence-corrected chi connectivity index (χ0v) is 12.1. The highest BCUT2D eigenvalue weighted by Crippen LogP contribution is 2.31. The van der Waals surface area contributed by atoms with Crippen molar-refractivity contribution >= 4 is 5.91 Å². The summed E-state index contributed by atoms with van der Waals surface area (Å²) >= 11 is 0. The van der Waals surface area contributed by atoms with Gasteiger partial charge in [0.15, 0.2) is 11.5 Å². The molecule has 2 atom stereocenters. The molecule has 0 unspecified atom stereocenters. The zero-order valence-electron chi connectivity index (χ0n) is 12.1. The fourth-order valence-electron chi connectivity index (χ4n) is 2.89. The molecule has 6 nitrogen and oxygen atoms in total. The first-order valence-electron chi connectivity index (χ1n) is 7.18. The molecule has 1 aromatic rings.